The van der Waals surface area contributed by atoms with Gasteiger partial charge in [-0.3, -0.25) is 9.67 Å². The van der Waals surface area contributed by atoms with Gasteiger partial charge in [0.15, 0.2) is 0 Å². The third-order valence-electron chi connectivity index (χ3n) is 3.85. The first kappa shape index (κ1) is 14.1. The summed E-state index contributed by atoms with van der Waals surface area (Å²) in [5, 5.41) is 5.32. The number of halogens is 1. The first-order valence-electron chi connectivity index (χ1n) is 7.21. The van der Waals surface area contributed by atoms with Gasteiger partial charge < -0.3 is 4.90 Å². The summed E-state index contributed by atoms with van der Waals surface area (Å²) in [5.74, 6) is 1.14. The largest absolute Gasteiger partial charge is 0.355 e. The quantitative estimate of drug-likeness (QED) is 0.854. The number of likely N-dealkylation sites (N-methyl/N-ethyl adjacent to an activating group) is 1. The van der Waals surface area contributed by atoms with Crippen LogP contribution in [0, 0.1) is 6.92 Å². The molecule has 0 amide bonds. The van der Waals surface area contributed by atoms with Gasteiger partial charge in [0.05, 0.1) is 23.5 Å². The molecule has 3 rings (SSSR count). The smallest absolute Gasteiger partial charge is 0.136 e. The molecule has 0 bridgehead atoms. The zero-order valence-corrected chi connectivity index (χ0v) is 13.4. The summed E-state index contributed by atoms with van der Waals surface area (Å²) in [6.07, 6.45) is 0. The molecule has 1 aliphatic heterocycles. The second-order valence-corrected chi connectivity index (χ2v) is 5.66. The van der Waals surface area contributed by atoms with Gasteiger partial charge in [-0.2, -0.15) is 5.10 Å². The van der Waals surface area contributed by atoms with E-state index in [1.54, 1.807) is 0 Å². The molecule has 0 saturated carbocycles. The van der Waals surface area contributed by atoms with Crippen molar-refractivity contribution >= 4 is 23.1 Å². The zero-order chi connectivity index (χ0) is 15.0. The van der Waals surface area contributed by atoms with Crippen molar-refractivity contribution in [2.24, 2.45) is 12.0 Å². The summed E-state index contributed by atoms with van der Waals surface area (Å²) in [4.78, 5) is 7.14. The summed E-state index contributed by atoms with van der Waals surface area (Å²) >= 11 is 6.15. The second kappa shape index (κ2) is 5.53. The van der Waals surface area contributed by atoms with E-state index < -0.39 is 0 Å². The highest BCUT2D eigenvalue weighted by Crippen LogP contribution is 2.29. The Hall–Kier alpha value is -1.81. The lowest BCUT2D eigenvalue weighted by Gasteiger charge is -2.21. The number of fused-ring (bicyclic) bond motifs is 1. The van der Waals surface area contributed by atoms with Crippen LogP contribution in [0.1, 0.15) is 23.7 Å². The molecule has 0 saturated heterocycles. The van der Waals surface area contributed by atoms with Crippen LogP contribution in [-0.2, 0) is 7.05 Å². The van der Waals surface area contributed by atoms with Gasteiger partial charge in [-0.1, -0.05) is 23.7 Å². The van der Waals surface area contributed by atoms with E-state index in [4.69, 9.17) is 16.6 Å². The average Bonchev–Trinajstić information content (AvgIpc) is 2.65. The molecule has 0 aliphatic carbocycles. The van der Waals surface area contributed by atoms with Crippen LogP contribution in [0.4, 0.5) is 5.82 Å². The molecule has 1 aliphatic rings. The van der Waals surface area contributed by atoms with E-state index in [9.17, 15) is 0 Å². The molecule has 2 heterocycles. The molecule has 0 radical (unpaired) electrons. The van der Waals surface area contributed by atoms with Gasteiger partial charge in [-0.15, -0.1) is 0 Å². The topological polar surface area (TPSA) is 33.4 Å². The highest BCUT2D eigenvalue weighted by Gasteiger charge is 2.25. The Morgan fingerprint density at radius 1 is 1.33 bits per heavy atom. The van der Waals surface area contributed by atoms with Crippen LogP contribution in [-0.4, -0.2) is 35.1 Å². The molecule has 110 valence electrons. The number of hydrogen-bond acceptors (Lipinski definition) is 3. The van der Waals surface area contributed by atoms with E-state index in [0.717, 1.165) is 53.0 Å². The fraction of sp³-hybridized carbons (Fsp3) is 0.375. The monoisotopic (exact) mass is 302 g/mol. The van der Waals surface area contributed by atoms with Gasteiger partial charge >= 0.3 is 0 Å². The Morgan fingerprint density at radius 3 is 2.86 bits per heavy atom. The Labute approximate surface area is 130 Å². The maximum Gasteiger partial charge on any atom is 0.136 e. The second-order valence-electron chi connectivity index (χ2n) is 5.23. The summed E-state index contributed by atoms with van der Waals surface area (Å²) < 4.78 is 1.96. The highest BCUT2D eigenvalue weighted by molar-refractivity contribution is 6.31. The van der Waals surface area contributed by atoms with Crippen molar-refractivity contribution in [2.75, 3.05) is 24.5 Å². The molecule has 0 spiro atoms. The van der Waals surface area contributed by atoms with Gasteiger partial charge in [0.25, 0.3) is 0 Å². The van der Waals surface area contributed by atoms with E-state index in [1.165, 1.54) is 0 Å². The molecule has 2 aromatic rings. The normalized spacial score (nSPS) is 14.7. The van der Waals surface area contributed by atoms with Crippen LogP contribution in [0.25, 0.3) is 0 Å². The van der Waals surface area contributed by atoms with E-state index in [0.29, 0.717) is 0 Å². The van der Waals surface area contributed by atoms with E-state index >= 15 is 0 Å². The SMILES string of the molecule is CCN1CCN=C(c2cccc(Cl)c2)c2c(C)nn(C)c21. The molecule has 1 aromatic heterocycles. The standard InChI is InChI=1S/C16H19ClN4/c1-4-21-9-8-18-15(12-6-5-7-13(17)10-12)14-11(2)19-20(3)16(14)21/h5-7,10H,4,8-9H2,1-3H3. The van der Waals surface area contributed by atoms with E-state index in [-0.39, 0.29) is 0 Å². The summed E-state index contributed by atoms with van der Waals surface area (Å²) in [7, 11) is 2.00. The molecule has 0 fully saturated rings. The molecule has 0 N–H and O–H groups in total. The van der Waals surface area contributed by atoms with Crippen LogP contribution in [0.2, 0.25) is 5.02 Å². The van der Waals surface area contributed by atoms with Gasteiger partial charge in [0.1, 0.15) is 5.82 Å². The predicted molar refractivity (Wildman–Crippen MR) is 87.8 cm³/mol. The van der Waals surface area contributed by atoms with Crippen LogP contribution in [0.5, 0.6) is 0 Å². The zero-order valence-electron chi connectivity index (χ0n) is 12.6. The minimum atomic E-state index is 0.731. The van der Waals surface area contributed by atoms with Gasteiger partial charge in [-0.25, -0.2) is 0 Å². The van der Waals surface area contributed by atoms with Gasteiger partial charge in [0.2, 0.25) is 0 Å². The van der Waals surface area contributed by atoms with Crippen LogP contribution < -0.4 is 4.90 Å². The maximum atomic E-state index is 6.15. The number of anilines is 1. The number of hydrogen-bond donors (Lipinski definition) is 0. The summed E-state index contributed by atoms with van der Waals surface area (Å²) in [6.45, 7) is 6.84. The first-order valence-corrected chi connectivity index (χ1v) is 7.59. The molecular weight excluding hydrogens is 284 g/mol. The lowest BCUT2D eigenvalue weighted by Crippen LogP contribution is -2.27. The Morgan fingerprint density at radius 2 is 2.14 bits per heavy atom. The van der Waals surface area contributed by atoms with E-state index in [2.05, 4.69) is 23.0 Å². The van der Waals surface area contributed by atoms with Crippen molar-refractivity contribution in [1.82, 2.24) is 9.78 Å². The Balaban J connectivity index is 2.20. The van der Waals surface area contributed by atoms with Gasteiger partial charge in [-0.05, 0) is 26.0 Å². The third kappa shape index (κ3) is 2.44. The first-order chi connectivity index (χ1) is 10.1. The number of rotatable bonds is 2. The molecule has 5 heteroatoms. The molecule has 4 nitrogen and oxygen atoms in total. The predicted octanol–water partition coefficient (Wildman–Crippen LogP) is 3.06. The van der Waals surface area contributed by atoms with Crippen LogP contribution in [0.3, 0.4) is 0 Å². The maximum absolute atomic E-state index is 6.15. The minimum absolute atomic E-state index is 0.731. The molecule has 0 unspecified atom stereocenters. The molecule has 21 heavy (non-hydrogen) atoms. The molecule has 1 aromatic carbocycles. The summed E-state index contributed by atoms with van der Waals surface area (Å²) in [5.41, 5.74) is 4.18. The number of benzene rings is 1. The van der Waals surface area contributed by atoms with E-state index in [1.807, 2.05) is 36.9 Å². The number of nitrogens with zero attached hydrogens (tertiary/aromatic N) is 4. The average molecular weight is 303 g/mol. The Kier molecular flexibility index (Phi) is 3.72. The molecular formula is C16H19ClN4. The van der Waals surface area contributed by atoms with Crippen molar-refractivity contribution < 1.29 is 0 Å². The Bertz CT molecular complexity index is 702. The fourth-order valence-corrected chi connectivity index (χ4v) is 3.12. The van der Waals surface area contributed by atoms with Crippen molar-refractivity contribution in [3.05, 3.63) is 46.1 Å². The lowest BCUT2D eigenvalue weighted by atomic mass is 10.0. The molecule has 0 atom stereocenters. The minimum Gasteiger partial charge on any atom is -0.355 e. The van der Waals surface area contributed by atoms with Crippen molar-refractivity contribution in [1.29, 1.82) is 0 Å². The van der Waals surface area contributed by atoms with Crippen molar-refractivity contribution in [3.63, 3.8) is 0 Å². The number of aromatic nitrogens is 2. The van der Waals surface area contributed by atoms with Crippen molar-refractivity contribution in [3.8, 4) is 0 Å². The lowest BCUT2D eigenvalue weighted by molar-refractivity contribution is 0.707. The van der Waals surface area contributed by atoms with Crippen molar-refractivity contribution in [2.45, 2.75) is 13.8 Å². The summed E-state index contributed by atoms with van der Waals surface area (Å²) in [6, 6.07) is 7.88. The number of aliphatic imine (C=N–C) groups is 1. The fourth-order valence-electron chi connectivity index (χ4n) is 2.93. The van der Waals surface area contributed by atoms with Crippen LogP contribution in [0.15, 0.2) is 29.3 Å². The van der Waals surface area contributed by atoms with Gasteiger partial charge in [0, 0.05) is 30.7 Å². The highest BCUT2D eigenvalue weighted by atomic mass is 35.5. The third-order valence-corrected chi connectivity index (χ3v) is 4.08. The van der Waals surface area contributed by atoms with Crippen LogP contribution >= 0.6 is 11.6 Å². The number of aryl methyl sites for hydroxylation is 2.